The number of benzene rings is 1. The van der Waals surface area contributed by atoms with Gasteiger partial charge >= 0.3 is 0 Å². The number of aromatic nitrogens is 7. The van der Waals surface area contributed by atoms with Crippen LogP contribution in [-0.2, 0) is 0 Å². The average Bonchev–Trinajstić information content (AvgIpc) is 2.53. The Kier molecular flexibility index (Phi) is 2.68. The molecule has 0 amide bonds. The number of hydrogen-bond donors (Lipinski definition) is 3. The summed E-state index contributed by atoms with van der Waals surface area (Å²) in [5.41, 5.74) is 2.82. The van der Waals surface area contributed by atoms with Gasteiger partial charge in [-0.05, 0) is 25.1 Å². The molecule has 2 aromatic rings. The van der Waals surface area contributed by atoms with Crippen molar-refractivity contribution in [2.45, 2.75) is 6.92 Å². The highest BCUT2D eigenvalue weighted by Crippen LogP contribution is 2.22. The van der Waals surface area contributed by atoms with Crippen molar-refractivity contribution in [3.8, 4) is 11.4 Å². The molecule has 0 saturated carbocycles. The first-order valence-corrected chi connectivity index (χ1v) is 7.17. The first kappa shape index (κ1) is 12.0. The number of H-pyrrole nitrogens is 3. The van der Waals surface area contributed by atoms with Gasteiger partial charge in [0.25, 0.3) is 0 Å². The average molecular weight is 297 g/mol. The molecule has 4 rings (SSSR count). The van der Waals surface area contributed by atoms with Gasteiger partial charge in [-0.15, -0.1) is 31.7 Å². The van der Waals surface area contributed by atoms with Gasteiger partial charge < -0.3 is 15.0 Å². The summed E-state index contributed by atoms with van der Waals surface area (Å²) in [6.45, 7) is 1.76. The van der Waals surface area contributed by atoms with Crippen LogP contribution < -0.4 is 0 Å². The van der Waals surface area contributed by atoms with Crippen molar-refractivity contribution < 1.29 is 0 Å². The maximum absolute atomic E-state index is 4.07. The van der Waals surface area contributed by atoms with E-state index in [-0.39, 0.29) is 0 Å². The summed E-state index contributed by atoms with van der Waals surface area (Å²) in [6.07, 6.45) is 3.71. The standard InChI is InChI=1S/C13H11N7S/c1-7-17-19-11(20-18-7)8-2-3-10-9(6-8)16-12-13(21-10)15-5-4-14-12/h2-6,14-16H,1H3. The molecule has 104 valence electrons. The lowest BCUT2D eigenvalue weighted by atomic mass is 10.2. The van der Waals surface area contributed by atoms with Crippen molar-refractivity contribution >= 4 is 21.6 Å². The zero-order valence-electron chi connectivity index (χ0n) is 11.1. The summed E-state index contributed by atoms with van der Waals surface area (Å²) in [5, 5.41) is 16.0. The molecule has 2 aliphatic rings. The van der Waals surface area contributed by atoms with Crippen LogP contribution >= 0.6 is 11.3 Å². The third-order valence-corrected chi connectivity index (χ3v) is 4.14. The summed E-state index contributed by atoms with van der Waals surface area (Å²) in [7, 11) is 0. The Hall–Kier alpha value is -2.74. The first-order chi connectivity index (χ1) is 10.3. The SMILES string of the molecule is Cc1nnc(-c2ccc3sc4[nH]cc[nH]c=4[nH]c3c2)nn1. The molecule has 1 aromatic carbocycles. The minimum absolute atomic E-state index is 0.518. The van der Waals surface area contributed by atoms with Crippen LogP contribution in [-0.4, -0.2) is 35.3 Å². The Morgan fingerprint density at radius 2 is 1.81 bits per heavy atom. The van der Waals surface area contributed by atoms with Crippen molar-refractivity contribution in [2.24, 2.45) is 0 Å². The molecule has 0 unspecified atom stereocenters. The third kappa shape index (κ3) is 2.15. The molecular formula is C13H11N7S. The van der Waals surface area contributed by atoms with E-state index in [2.05, 4.69) is 35.3 Å². The van der Waals surface area contributed by atoms with Gasteiger partial charge in [-0.1, -0.05) is 0 Å². The normalized spacial score (nSPS) is 11.1. The number of fused-ring (bicyclic) bond motifs is 1. The summed E-state index contributed by atoms with van der Waals surface area (Å²) in [4.78, 5) is 9.74. The van der Waals surface area contributed by atoms with Gasteiger partial charge in [0.15, 0.2) is 5.82 Å². The summed E-state index contributed by atoms with van der Waals surface area (Å²) in [6, 6.07) is 6.01. The number of aryl methyl sites for hydroxylation is 1. The minimum atomic E-state index is 0.518. The predicted molar refractivity (Wildman–Crippen MR) is 79.2 cm³/mol. The first-order valence-electron chi connectivity index (χ1n) is 6.35. The monoisotopic (exact) mass is 297 g/mol. The van der Waals surface area contributed by atoms with E-state index in [0.717, 1.165) is 25.9 Å². The Morgan fingerprint density at radius 1 is 1.00 bits per heavy atom. The van der Waals surface area contributed by atoms with Crippen molar-refractivity contribution in [3.05, 3.63) is 46.6 Å². The molecule has 0 fully saturated rings. The van der Waals surface area contributed by atoms with E-state index in [9.17, 15) is 0 Å². The largest absolute Gasteiger partial charge is 0.349 e. The number of aromatic amines is 3. The smallest absolute Gasteiger partial charge is 0.203 e. The molecule has 3 N–H and O–H groups in total. The molecule has 0 aliphatic carbocycles. The van der Waals surface area contributed by atoms with E-state index in [1.165, 1.54) is 0 Å². The number of nitrogens with one attached hydrogen (secondary N) is 3. The minimum Gasteiger partial charge on any atom is -0.349 e. The summed E-state index contributed by atoms with van der Waals surface area (Å²) in [5.74, 6) is 1.08. The van der Waals surface area contributed by atoms with Crippen molar-refractivity contribution in [2.75, 3.05) is 0 Å². The molecule has 0 bridgehead atoms. The molecule has 8 heteroatoms. The molecule has 3 heterocycles. The lowest BCUT2D eigenvalue weighted by molar-refractivity contribution is 0.816. The van der Waals surface area contributed by atoms with Gasteiger partial charge in [-0.3, -0.25) is 0 Å². The molecule has 1 aromatic heterocycles. The van der Waals surface area contributed by atoms with Crippen molar-refractivity contribution in [3.63, 3.8) is 0 Å². The highest BCUT2D eigenvalue weighted by Gasteiger charge is 2.05. The zero-order valence-corrected chi connectivity index (χ0v) is 11.9. The molecule has 2 aliphatic heterocycles. The van der Waals surface area contributed by atoms with Gasteiger partial charge in [-0.25, -0.2) is 0 Å². The fourth-order valence-electron chi connectivity index (χ4n) is 2.05. The molecule has 0 radical (unpaired) electrons. The van der Waals surface area contributed by atoms with Gasteiger partial charge in [0, 0.05) is 18.0 Å². The Bertz CT molecular complexity index is 1000. The van der Waals surface area contributed by atoms with Crippen LogP contribution in [0.5, 0.6) is 0 Å². The lowest BCUT2D eigenvalue weighted by Gasteiger charge is -2.03. The van der Waals surface area contributed by atoms with Gasteiger partial charge in [-0.2, -0.15) is 0 Å². The van der Waals surface area contributed by atoms with Crippen LogP contribution in [0.1, 0.15) is 5.82 Å². The van der Waals surface area contributed by atoms with Crippen molar-refractivity contribution in [1.82, 2.24) is 35.3 Å². The Labute approximate surface area is 122 Å². The van der Waals surface area contributed by atoms with E-state index >= 15 is 0 Å². The Morgan fingerprint density at radius 3 is 2.67 bits per heavy atom. The quantitative estimate of drug-likeness (QED) is 0.502. The molecule has 0 spiro atoms. The molecular weight excluding hydrogens is 286 g/mol. The highest BCUT2D eigenvalue weighted by atomic mass is 32.1. The number of nitrogens with zero attached hydrogens (tertiary/aromatic N) is 4. The van der Waals surface area contributed by atoms with E-state index in [0.29, 0.717) is 11.6 Å². The number of hydrogen-bond acceptors (Lipinski definition) is 5. The van der Waals surface area contributed by atoms with Crippen LogP contribution in [0, 0.1) is 17.1 Å². The second-order valence-corrected chi connectivity index (χ2v) is 5.59. The molecule has 0 atom stereocenters. The predicted octanol–water partition coefficient (Wildman–Crippen LogP) is 2.29. The summed E-state index contributed by atoms with van der Waals surface area (Å²) < 4.78 is 2.18. The van der Waals surface area contributed by atoms with Gasteiger partial charge in [0.05, 0.1) is 10.2 Å². The van der Waals surface area contributed by atoms with Crippen LogP contribution in [0.4, 0.5) is 0 Å². The van der Waals surface area contributed by atoms with Crippen LogP contribution in [0.3, 0.4) is 0 Å². The highest BCUT2D eigenvalue weighted by molar-refractivity contribution is 7.16. The van der Waals surface area contributed by atoms with Crippen molar-refractivity contribution in [1.29, 1.82) is 0 Å². The summed E-state index contributed by atoms with van der Waals surface area (Å²) >= 11 is 1.67. The van der Waals surface area contributed by atoms with Crippen LogP contribution in [0.2, 0.25) is 0 Å². The second kappa shape index (κ2) is 4.67. The van der Waals surface area contributed by atoms with E-state index < -0.39 is 0 Å². The van der Waals surface area contributed by atoms with Crippen LogP contribution in [0.15, 0.2) is 30.6 Å². The number of rotatable bonds is 1. The Balaban J connectivity index is 1.95. The fraction of sp³-hybridized carbons (Fsp3) is 0.0769. The molecule has 21 heavy (non-hydrogen) atoms. The van der Waals surface area contributed by atoms with E-state index in [1.54, 1.807) is 18.3 Å². The second-order valence-electron chi connectivity index (χ2n) is 4.53. The maximum Gasteiger partial charge on any atom is 0.203 e. The van der Waals surface area contributed by atoms with Gasteiger partial charge in [0.1, 0.15) is 10.1 Å². The van der Waals surface area contributed by atoms with E-state index in [4.69, 9.17) is 0 Å². The molecule has 7 nitrogen and oxygen atoms in total. The van der Waals surface area contributed by atoms with Gasteiger partial charge in [0.2, 0.25) is 5.82 Å². The topological polar surface area (TPSA) is 98.9 Å². The fourth-order valence-corrected chi connectivity index (χ4v) is 2.96. The lowest BCUT2D eigenvalue weighted by Crippen LogP contribution is -1.98. The zero-order chi connectivity index (χ0) is 14.2. The van der Waals surface area contributed by atoms with E-state index in [1.807, 2.05) is 30.6 Å². The maximum atomic E-state index is 4.07. The van der Waals surface area contributed by atoms with Crippen LogP contribution in [0.25, 0.3) is 21.6 Å². The molecule has 0 saturated heterocycles. The third-order valence-electron chi connectivity index (χ3n) is 3.04.